The summed E-state index contributed by atoms with van der Waals surface area (Å²) in [6.07, 6.45) is 0. The maximum absolute atomic E-state index is 10.7. The number of rotatable bonds is 5. The minimum absolute atomic E-state index is 0.0295. The number of non-ortho nitro benzene ring substituents is 1. The van der Waals surface area contributed by atoms with Crippen molar-refractivity contribution in [3.05, 3.63) is 62.1 Å². The van der Waals surface area contributed by atoms with Crippen LogP contribution in [-0.2, 0) is 6.54 Å². The van der Waals surface area contributed by atoms with E-state index in [1.54, 1.807) is 18.2 Å². The molecule has 0 unspecified atom stereocenters. The summed E-state index contributed by atoms with van der Waals surface area (Å²) in [7, 11) is 1.45. The van der Waals surface area contributed by atoms with Crippen LogP contribution in [0.4, 0.5) is 11.4 Å². The number of nitro benzene ring substituents is 1. The molecule has 2 aromatic carbocycles. The third-order valence-corrected chi connectivity index (χ3v) is 3.75. The quantitative estimate of drug-likeness (QED) is 0.648. The Morgan fingerprint density at radius 1 is 1.29 bits per heavy atom. The zero-order valence-corrected chi connectivity index (χ0v) is 12.6. The normalized spacial score (nSPS) is 10.2. The Kier molecular flexibility index (Phi) is 4.88. The van der Waals surface area contributed by atoms with Gasteiger partial charge in [0.1, 0.15) is 5.75 Å². The molecular weight excluding hydrogens is 315 g/mol. The molecule has 0 radical (unpaired) electrons. The van der Waals surface area contributed by atoms with Gasteiger partial charge in [0, 0.05) is 12.6 Å². The zero-order chi connectivity index (χ0) is 15.4. The van der Waals surface area contributed by atoms with Crippen LogP contribution < -0.4 is 10.1 Å². The first-order valence-electron chi connectivity index (χ1n) is 6.02. The Labute approximate surface area is 131 Å². The zero-order valence-electron chi connectivity index (χ0n) is 11.1. The van der Waals surface area contributed by atoms with E-state index in [0.29, 0.717) is 28.0 Å². The van der Waals surface area contributed by atoms with E-state index in [4.69, 9.17) is 27.9 Å². The molecule has 0 bridgehead atoms. The van der Waals surface area contributed by atoms with Crippen LogP contribution in [0.5, 0.6) is 5.75 Å². The summed E-state index contributed by atoms with van der Waals surface area (Å²) >= 11 is 12.1. The number of benzene rings is 2. The lowest BCUT2D eigenvalue weighted by atomic mass is 10.2. The molecule has 21 heavy (non-hydrogen) atoms. The first-order valence-corrected chi connectivity index (χ1v) is 6.77. The summed E-state index contributed by atoms with van der Waals surface area (Å²) in [4.78, 5) is 10.3. The van der Waals surface area contributed by atoms with Gasteiger partial charge in [0.05, 0.1) is 33.8 Å². The van der Waals surface area contributed by atoms with Crippen molar-refractivity contribution in [3.8, 4) is 5.75 Å². The van der Waals surface area contributed by atoms with Crippen molar-refractivity contribution in [3.63, 3.8) is 0 Å². The summed E-state index contributed by atoms with van der Waals surface area (Å²) in [5.41, 5.74) is 1.43. The number of methoxy groups -OCH3 is 1. The van der Waals surface area contributed by atoms with Crippen LogP contribution in [0.2, 0.25) is 10.0 Å². The Bertz CT molecular complexity index is 677. The van der Waals surface area contributed by atoms with E-state index in [2.05, 4.69) is 5.32 Å². The van der Waals surface area contributed by atoms with Gasteiger partial charge in [-0.2, -0.15) is 0 Å². The average Bonchev–Trinajstić information content (AvgIpc) is 2.48. The average molecular weight is 327 g/mol. The van der Waals surface area contributed by atoms with Crippen LogP contribution in [0.25, 0.3) is 0 Å². The molecule has 5 nitrogen and oxygen atoms in total. The summed E-state index contributed by atoms with van der Waals surface area (Å²) in [6.45, 7) is 0.424. The molecule has 0 heterocycles. The number of nitrogens with zero attached hydrogens (tertiary/aromatic N) is 1. The minimum Gasteiger partial charge on any atom is -0.494 e. The van der Waals surface area contributed by atoms with Crippen LogP contribution in [0.3, 0.4) is 0 Å². The van der Waals surface area contributed by atoms with Gasteiger partial charge in [-0.15, -0.1) is 0 Å². The van der Waals surface area contributed by atoms with E-state index in [-0.39, 0.29) is 5.69 Å². The van der Waals surface area contributed by atoms with Crippen LogP contribution in [0.1, 0.15) is 5.56 Å². The van der Waals surface area contributed by atoms with Crippen molar-refractivity contribution in [2.75, 3.05) is 12.4 Å². The van der Waals surface area contributed by atoms with Crippen molar-refractivity contribution in [2.45, 2.75) is 6.54 Å². The molecule has 0 atom stereocenters. The highest BCUT2D eigenvalue weighted by Crippen LogP contribution is 2.31. The Morgan fingerprint density at radius 2 is 2.05 bits per heavy atom. The van der Waals surface area contributed by atoms with E-state index in [0.717, 1.165) is 5.56 Å². The molecule has 7 heteroatoms. The lowest BCUT2D eigenvalue weighted by molar-refractivity contribution is -0.384. The first kappa shape index (κ1) is 15.4. The highest BCUT2D eigenvalue weighted by molar-refractivity contribution is 6.42. The fraction of sp³-hybridized carbons (Fsp3) is 0.143. The molecule has 0 amide bonds. The molecule has 0 spiro atoms. The third-order valence-electron chi connectivity index (χ3n) is 2.90. The number of nitro groups is 1. The SMILES string of the molecule is COc1cc([N+](=O)[O-])ccc1NCc1cccc(Cl)c1Cl. The van der Waals surface area contributed by atoms with Crippen LogP contribution in [-0.4, -0.2) is 12.0 Å². The van der Waals surface area contributed by atoms with Gasteiger partial charge >= 0.3 is 0 Å². The fourth-order valence-corrected chi connectivity index (χ4v) is 2.20. The second-order valence-electron chi connectivity index (χ2n) is 4.21. The van der Waals surface area contributed by atoms with E-state index in [1.807, 2.05) is 6.07 Å². The van der Waals surface area contributed by atoms with Crippen LogP contribution in [0.15, 0.2) is 36.4 Å². The van der Waals surface area contributed by atoms with Gasteiger partial charge < -0.3 is 10.1 Å². The van der Waals surface area contributed by atoms with Crippen molar-refractivity contribution >= 4 is 34.6 Å². The van der Waals surface area contributed by atoms with Gasteiger partial charge in [-0.3, -0.25) is 10.1 Å². The molecule has 0 aliphatic carbocycles. The van der Waals surface area contributed by atoms with Crippen LogP contribution in [0, 0.1) is 10.1 Å². The van der Waals surface area contributed by atoms with Gasteiger partial charge in [0.25, 0.3) is 5.69 Å². The van der Waals surface area contributed by atoms with Crippen molar-refractivity contribution in [1.82, 2.24) is 0 Å². The Morgan fingerprint density at radius 3 is 2.71 bits per heavy atom. The second-order valence-corrected chi connectivity index (χ2v) is 4.99. The van der Waals surface area contributed by atoms with Gasteiger partial charge in [-0.1, -0.05) is 35.3 Å². The lowest BCUT2D eigenvalue weighted by Crippen LogP contribution is -2.02. The lowest BCUT2D eigenvalue weighted by Gasteiger charge is -2.12. The topological polar surface area (TPSA) is 64.4 Å². The minimum atomic E-state index is -0.472. The molecule has 0 aromatic heterocycles. The number of halogens is 2. The maximum atomic E-state index is 10.7. The van der Waals surface area contributed by atoms with Gasteiger partial charge in [0.2, 0.25) is 0 Å². The Hall–Kier alpha value is -1.98. The standard InChI is InChI=1S/C14H12Cl2N2O3/c1-21-13-7-10(18(19)20)5-6-12(13)17-8-9-3-2-4-11(15)14(9)16/h2-7,17H,8H2,1H3. The molecule has 2 aromatic rings. The van der Waals surface area contributed by atoms with Gasteiger partial charge in [0.15, 0.2) is 0 Å². The molecule has 0 fully saturated rings. The molecule has 0 saturated heterocycles. The van der Waals surface area contributed by atoms with E-state index >= 15 is 0 Å². The fourth-order valence-electron chi connectivity index (χ4n) is 1.81. The van der Waals surface area contributed by atoms with E-state index in [1.165, 1.54) is 19.2 Å². The first-order chi connectivity index (χ1) is 10.0. The smallest absolute Gasteiger partial charge is 0.273 e. The molecule has 0 saturated carbocycles. The highest BCUT2D eigenvalue weighted by atomic mass is 35.5. The molecule has 2 rings (SSSR count). The molecule has 0 aliphatic rings. The molecule has 110 valence electrons. The summed E-state index contributed by atoms with van der Waals surface area (Å²) in [6, 6.07) is 9.72. The maximum Gasteiger partial charge on any atom is 0.273 e. The van der Waals surface area contributed by atoms with Crippen molar-refractivity contribution < 1.29 is 9.66 Å². The van der Waals surface area contributed by atoms with Gasteiger partial charge in [-0.05, 0) is 17.7 Å². The monoisotopic (exact) mass is 326 g/mol. The second kappa shape index (κ2) is 6.65. The van der Waals surface area contributed by atoms with Gasteiger partial charge in [-0.25, -0.2) is 0 Å². The Balaban J connectivity index is 2.20. The van der Waals surface area contributed by atoms with Crippen LogP contribution >= 0.6 is 23.2 Å². The van der Waals surface area contributed by atoms with E-state index < -0.39 is 4.92 Å². The summed E-state index contributed by atoms with van der Waals surface area (Å²) in [5.74, 6) is 0.391. The highest BCUT2D eigenvalue weighted by Gasteiger charge is 2.12. The van der Waals surface area contributed by atoms with Crippen molar-refractivity contribution in [1.29, 1.82) is 0 Å². The third kappa shape index (κ3) is 3.56. The largest absolute Gasteiger partial charge is 0.494 e. The number of nitrogens with one attached hydrogen (secondary N) is 1. The summed E-state index contributed by atoms with van der Waals surface area (Å²) < 4.78 is 5.15. The predicted octanol–water partition coefficient (Wildman–Crippen LogP) is 4.52. The number of anilines is 1. The predicted molar refractivity (Wildman–Crippen MR) is 83.4 cm³/mol. The number of hydrogen-bond donors (Lipinski definition) is 1. The summed E-state index contributed by atoms with van der Waals surface area (Å²) in [5, 5.41) is 14.8. The molecule has 1 N–H and O–H groups in total. The number of ether oxygens (including phenoxy) is 1. The van der Waals surface area contributed by atoms with Crippen molar-refractivity contribution in [2.24, 2.45) is 0 Å². The number of hydrogen-bond acceptors (Lipinski definition) is 4. The molecule has 0 aliphatic heterocycles. The molecular formula is C14H12Cl2N2O3. The van der Waals surface area contributed by atoms with E-state index in [9.17, 15) is 10.1 Å².